The summed E-state index contributed by atoms with van der Waals surface area (Å²) < 4.78 is 0. The van der Waals surface area contributed by atoms with Crippen molar-refractivity contribution in [3.8, 4) is 0 Å². The van der Waals surface area contributed by atoms with E-state index < -0.39 is 11.9 Å². The monoisotopic (exact) mass is 198 g/mol. The van der Waals surface area contributed by atoms with Crippen molar-refractivity contribution in [2.75, 3.05) is 18.3 Å². The molecule has 0 heterocycles. The van der Waals surface area contributed by atoms with Crippen LogP contribution in [0.25, 0.3) is 0 Å². The first-order valence-corrected chi connectivity index (χ1v) is 5.34. The first-order chi connectivity index (χ1) is 4.54. The number of nitrogens with two attached hydrogens (primary N) is 2. The Hall–Kier alpha value is 0.0700. The average molecular weight is 199 g/mol. The summed E-state index contributed by atoms with van der Waals surface area (Å²) in [5.41, 5.74) is 10.4. The third-order valence-corrected chi connectivity index (χ3v) is 2.25. The Morgan fingerprint density at radius 2 is 2.00 bits per heavy atom. The zero-order valence-corrected chi connectivity index (χ0v) is 8.41. The van der Waals surface area contributed by atoms with Crippen LogP contribution in [0.3, 0.4) is 0 Å². The van der Waals surface area contributed by atoms with Crippen molar-refractivity contribution < 1.29 is 17.2 Å². The van der Waals surface area contributed by atoms with Gasteiger partial charge in [-0.2, -0.15) is 0 Å². The average Bonchev–Trinajstić information content (AvgIpc) is 1.82. The zero-order valence-electron chi connectivity index (χ0n) is 6.84. The fraction of sp³-hybridized carbons (Fsp3) is 0.833. The van der Waals surface area contributed by atoms with Gasteiger partial charge in [0.15, 0.2) is 0 Å². The van der Waals surface area contributed by atoms with Crippen molar-refractivity contribution in [2.24, 2.45) is 11.5 Å². The fourth-order valence-corrected chi connectivity index (χ4v) is 1.23. The van der Waals surface area contributed by atoms with Gasteiger partial charge in [0, 0.05) is 6.42 Å². The Kier molecular flexibility index (Phi) is 8.39. The second-order valence-electron chi connectivity index (χ2n) is 2.49. The predicted octanol–water partition coefficient (Wildman–Crippen LogP) is -3.93. The van der Waals surface area contributed by atoms with Gasteiger partial charge in [0.05, 0.1) is 18.6 Å². The Balaban J connectivity index is 0. The molecule has 0 aromatic rings. The van der Waals surface area contributed by atoms with E-state index in [4.69, 9.17) is 11.5 Å². The molecule has 0 spiro atoms. The van der Waals surface area contributed by atoms with Crippen LogP contribution in [0, 0.1) is 0 Å². The Morgan fingerprint density at radius 1 is 1.55 bits per heavy atom. The molecule has 0 aromatic carbocycles. The van der Waals surface area contributed by atoms with Crippen molar-refractivity contribution in [1.82, 2.24) is 0 Å². The topological polar surface area (TPSA) is 69.1 Å². The molecule has 1 atom stereocenters. The summed E-state index contributed by atoms with van der Waals surface area (Å²) in [7, 11) is 0.360. The second kappa shape index (κ2) is 6.76. The van der Waals surface area contributed by atoms with Gasteiger partial charge in [0.25, 0.3) is 0 Å². The SMILES string of the molecule is C[S+](C)CCC(N)C(N)=O.[Cl-]. The lowest BCUT2D eigenvalue weighted by atomic mass is 10.2. The molecule has 1 unspecified atom stereocenters. The zero-order chi connectivity index (χ0) is 8.15. The summed E-state index contributed by atoms with van der Waals surface area (Å²) in [4.78, 5) is 10.4. The van der Waals surface area contributed by atoms with E-state index in [0.29, 0.717) is 17.3 Å². The van der Waals surface area contributed by atoms with Gasteiger partial charge in [0.1, 0.15) is 5.75 Å². The molecule has 3 nitrogen and oxygen atoms in total. The number of amides is 1. The molecule has 0 saturated heterocycles. The van der Waals surface area contributed by atoms with Crippen LogP contribution in [-0.4, -0.2) is 30.2 Å². The first kappa shape index (κ1) is 13.6. The molecule has 0 aliphatic rings. The lowest BCUT2D eigenvalue weighted by molar-refractivity contribution is -0.119. The van der Waals surface area contributed by atoms with Crippen LogP contribution in [-0.2, 0) is 15.7 Å². The van der Waals surface area contributed by atoms with Gasteiger partial charge in [-0.25, -0.2) is 0 Å². The van der Waals surface area contributed by atoms with Crippen LogP contribution in [0.2, 0.25) is 0 Å². The van der Waals surface area contributed by atoms with Crippen molar-refractivity contribution >= 4 is 16.8 Å². The Labute approximate surface area is 76.6 Å². The standard InChI is InChI=1S/C6H14N2OS.ClH/c1-10(2)4-3-5(7)6(8)9;/h5H,3-4,7H2,1-2H3,(H-,8,9);1H. The summed E-state index contributed by atoms with van der Waals surface area (Å²) >= 11 is 0. The van der Waals surface area contributed by atoms with Crippen molar-refractivity contribution in [1.29, 1.82) is 0 Å². The fourth-order valence-electron chi connectivity index (χ4n) is 0.505. The maximum atomic E-state index is 10.4. The maximum absolute atomic E-state index is 10.4. The minimum atomic E-state index is -0.449. The number of halogens is 1. The van der Waals surface area contributed by atoms with Gasteiger partial charge in [-0.05, 0) is 10.9 Å². The van der Waals surface area contributed by atoms with Gasteiger partial charge in [-0.1, -0.05) is 0 Å². The molecular weight excluding hydrogens is 184 g/mol. The number of hydrogen-bond acceptors (Lipinski definition) is 2. The number of hydrogen-bond donors (Lipinski definition) is 2. The van der Waals surface area contributed by atoms with Gasteiger partial charge in [-0.15, -0.1) is 0 Å². The highest BCUT2D eigenvalue weighted by Crippen LogP contribution is 1.92. The molecule has 1 amide bonds. The van der Waals surface area contributed by atoms with Crippen LogP contribution in [0.4, 0.5) is 0 Å². The summed E-state index contributed by atoms with van der Waals surface area (Å²) in [6.07, 6.45) is 4.95. The van der Waals surface area contributed by atoms with Gasteiger partial charge >= 0.3 is 0 Å². The largest absolute Gasteiger partial charge is 1.00 e. The van der Waals surface area contributed by atoms with Crippen LogP contribution < -0.4 is 23.9 Å². The van der Waals surface area contributed by atoms with E-state index in [1.54, 1.807) is 0 Å². The molecule has 11 heavy (non-hydrogen) atoms. The first-order valence-electron chi connectivity index (χ1n) is 3.13. The lowest BCUT2D eigenvalue weighted by Crippen LogP contribution is -3.00. The number of rotatable bonds is 4. The Bertz CT molecular complexity index is 121. The molecule has 0 aliphatic carbocycles. The molecule has 5 heteroatoms. The normalized spacial score (nSPS) is 12.4. The molecule has 0 saturated carbocycles. The van der Waals surface area contributed by atoms with Crippen LogP contribution in [0.15, 0.2) is 0 Å². The third kappa shape index (κ3) is 7.97. The molecule has 0 aromatic heterocycles. The highest BCUT2D eigenvalue weighted by Gasteiger charge is 2.12. The van der Waals surface area contributed by atoms with E-state index in [0.717, 1.165) is 5.75 Å². The van der Waals surface area contributed by atoms with E-state index in [2.05, 4.69) is 12.5 Å². The quantitative estimate of drug-likeness (QED) is 0.453. The van der Waals surface area contributed by atoms with Gasteiger partial charge in [0.2, 0.25) is 5.91 Å². The smallest absolute Gasteiger partial charge is 0.234 e. The second-order valence-corrected chi connectivity index (χ2v) is 4.87. The molecule has 0 radical (unpaired) electrons. The van der Waals surface area contributed by atoms with Crippen molar-refractivity contribution in [2.45, 2.75) is 12.5 Å². The summed E-state index contributed by atoms with van der Waals surface area (Å²) in [6.45, 7) is 0. The van der Waals surface area contributed by atoms with Crippen molar-refractivity contribution in [3.63, 3.8) is 0 Å². The van der Waals surface area contributed by atoms with Gasteiger partial charge < -0.3 is 23.9 Å². The predicted molar refractivity (Wildman–Crippen MR) is 45.9 cm³/mol. The van der Waals surface area contributed by atoms with Crippen LogP contribution >= 0.6 is 0 Å². The molecule has 0 bridgehead atoms. The molecule has 68 valence electrons. The minimum Gasteiger partial charge on any atom is -1.00 e. The number of carbonyl (C=O) groups excluding carboxylic acids is 1. The molecule has 4 N–H and O–H groups in total. The number of primary amides is 1. The molecular formula is C6H15ClN2OS. The van der Waals surface area contributed by atoms with E-state index in [-0.39, 0.29) is 12.4 Å². The summed E-state index contributed by atoms with van der Waals surface area (Å²) in [5, 5.41) is 0. The molecule has 0 aliphatic heterocycles. The summed E-state index contributed by atoms with van der Waals surface area (Å²) in [6, 6.07) is -0.449. The van der Waals surface area contributed by atoms with E-state index in [1.165, 1.54) is 0 Å². The van der Waals surface area contributed by atoms with E-state index in [9.17, 15) is 4.79 Å². The highest BCUT2D eigenvalue weighted by atomic mass is 35.5. The summed E-state index contributed by atoms with van der Waals surface area (Å²) in [5.74, 6) is 0.592. The number of carbonyl (C=O) groups is 1. The highest BCUT2D eigenvalue weighted by molar-refractivity contribution is 7.95. The Morgan fingerprint density at radius 3 is 2.27 bits per heavy atom. The van der Waals surface area contributed by atoms with Crippen molar-refractivity contribution in [3.05, 3.63) is 0 Å². The lowest BCUT2D eigenvalue weighted by Gasteiger charge is -2.03. The maximum Gasteiger partial charge on any atom is 0.234 e. The minimum absolute atomic E-state index is 0. The van der Waals surface area contributed by atoms with E-state index in [1.807, 2.05) is 0 Å². The van der Waals surface area contributed by atoms with E-state index >= 15 is 0 Å². The third-order valence-electron chi connectivity index (χ3n) is 1.20. The molecule has 0 rings (SSSR count). The van der Waals surface area contributed by atoms with Crippen LogP contribution in [0.1, 0.15) is 6.42 Å². The van der Waals surface area contributed by atoms with Gasteiger partial charge in [-0.3, -0.25) is 4.79 Å². The molecule has 0 fully saturated rings. The van der Waals surface area contributed by atoms with Crippen LogP contribution in [0.5, 0.6) is 0 Å².